The van der Waals surface area contributed by atoms with Crippen LogP contribution in [0.4, 0.5) is 0 Å². The van der Waals surface area contributed by atoms with Gasteiger partial charge in [0.1, 0.15) is 0 Å². The zero-order valence-corrected chi connectivity index (χ0v) is 12.1. The van der Waals surface area contributed by atoms with Gasteiger partial charge >= 0.3 is 0 Å². The topological polar surface area (TPSA) is 20.2 Å². The lowest BCUT2D eigenvalue weighted by Gasteiger charge is -2.28. The molecule has 0 bridgehead atoms. The second kappa shape index (κ2) is 5.48. The predicted molar refractivity (Wildman–Crippen MR) is 80.6 cm³/mol. The summed E-state index contributed by atoms with van der Waals surface area (Å²) in [6.07, 6.45) is 3.97. The second-order valence-electron chi connectivity index (χ2n) is 5.37. The standard InChI is InChI=1S/C17H20OS/c1-2-15-9-10-16(19-15)17(18)14-8-7-12-5-3-4-6-13(12)11-14/h3-6,9-10,14,17-18H,2,7-8,11H2,1H3. The van der Waals surface area contributed by atoms with Gasteiger partial charge in [-0.2, -0.15) is 0 Å². The summed E-state index contributed by atoms with van der Waals surface area (Å²) in [6, 6.07) is 12.9. The van der Waals surface area contributed by atoms with Crippen LogP contribution < -0.4 is 0 Å². The van der Waals surface area contributed by atoms with Crippen LogP contribution in [0.1, 0.15) is 40.3 Å². The van der Waals surface area contributed by atoms with Gasteiger partial charge in [0.25, 0.3) is 0 Å². The van der Waals surface area contributed by atoms with Crippen molar-refractivity contribution in [1.82, 2.24) is 0 Å². The Morgan fingerprint density at radius 1 is 1.21 bits per heavy atom. The first-order chi connectivity index (χ1) is 9.28. The lowest BCUT2D eigenvalue weighted by Crippen LogP contribution is -2.20. The van der Waals surface area contributed by atoms with Crippen molar-refractivity contribution in [3.05, 3.63) is 57.3 Å². The van der Waals surface area contributed by atoms with Gasteiger partial charge in [0.2, 0.25) is 0 Å². The van der Waals surface area contributed by atoms with Gasteiger partial charge in [-0.15, -0.1) is 11.3 Å². The molecule has 2 atom stereocenters. The third-order valence-corrected chi connectivity index (χ3v) is 5.45. The molecular weight excluding hydrogens is 252 g/mol. The fourth-order valence-electron chi connectivity index (χ4n) is 2.97. The van der Waals surface area contributed by atoms with E-state index in [4.69, 9.17) is 0 Å². The van der Waals surface area contributed by atoms with Gasteiger partial charge in [-0.1, -0.05) is 31.2 Å². The van der Waals surface area contributed by atoms with Gasteiger partial charge in [0, 0.05) is 9.75 Å². The molecule has 100 valence electrons. The summed E-state index contributed by atoms with van der Waals surface area (Å²) in [5.41, 5.74) is 2.89. The minimum atomic E-state index is -0.293. The Morgan fingerprint density at radius 3 is 2.74 bits per heavy atom. The van der Waals surface area contributed by atoms with E-state index in [0.717, 1.165) is 30.6 Å². The van der Waals surface area contributed by atoms with Crippen LogP contribution in [0.2, 0.25) is 0 Å². The summed E-state index contributed by atoms with van der Waals surface area (Å²) in [7, 11) is 0. The van der Waals surface area contributed by atoms with Crippen molar-refractivity contribution in [2.45, 2.75) is 38.7 Å². The monoisotopic (exact) mass is 272 g/mol. The maximum atomic E-state index is 10.6. The van der Waals surface area contributed by atoms with Crippen LogP contribution in [-0.2, 0) is 19.3 Å². The molecule has 1 aliphatic rings. The molecule has 19 heavy (non-hydrogen) atoms. The number of thiophene rings is 1. The molecule has 0 radical (unpaired) electrons. The molecule has 0 fully saturated rings. The Bertz CT molecular complexity index is 558. The van der Waals surface area contributed by atoms with Crippen molar-refractivity contribution < 1.29 is 5.11 Å². The number of rotatable bonds is 3. The molecule has 2 unspecified atom stereocenters. The normalized spacial score (nSPS) is 20.0. The number of benzene rings is 1. The molecule has 1 N–H and O–H groups in total. The third kappa shape index (κ3) is 2.60. The summed E-state index contributed by atoms with van der Waals surface area (Å²) in [6.45, 7) is 2.17. The highest BCUT2D eigenvalue weighted by Crippen LogP contribution is 2.36. The molecule has 1 aromatic heterocycles. The number of aryl methyl sites for hydroxylation is 2. The number of aliphatic hydroxyl groups is 1. The minimum Gasteiger partial charge on any atom is -0.387 e. The Balaban J connectivity index is 1.77. The first kappa shape index (κ1) is 12.9. The van der Waals surface area contributed by atoms with Crippen LogP contribution in [0.3, 0.4) is 0 Å². The Hall–Kier alpha value is -1.12. The van der Waals surface area contributed by atoms with Crippen molar-refractivity contribution in [2.24, 2.45) is 5.92 Å². The molecule has 1 aromatic carbocycles. The molecule has 3 rings (SSSR count). The second-order valence-corrected chi connectivity index (χ2v) is 6.57. The van der Waals surface area contributed by atoms with Crippen LogP contribution in [0, 0.1) is 5.92 Å². The van der Waals surface area contributed by atoms with Crippen LogP contribution in [-0.4, -0.2) is 5.11 Å². The molecule has 0 saturated heterocycles. The molecule has 0 spiro atoms. The smallest absolute Gasteiger partial charge is 0.0913 e. The van der Waals surface area contributed by atoms with Gasteiger partial charge in [-0.3, -0.25) is 0 Å². The molecule has 0 amide bonds. The number of aliphatic hydroxyl groups excluding tert-OH is 1. The molecule has 0 aliphatic heterocycles. The predicted octanol–water partition coefficient (Wildman–Crippen LogP) is 4.15. The van der Waals surface area contributed by atoms with Gasteiger partial charge in [0.15, 0.2) is 0 Å². The molecular formula is C17H20OS. The Morgan fingerprint density at radius 2 is 2.00 bits per heavy atom. The van der Waals surface area contributed by atoms with E-state index in [2.05, 4.69) is 43.3 Å². The highest BCUT2D eigenvalue weighted by Gasteiger charge is 2.26. The first-order valence-corrected chi connectivity index (χ1v) is 7.93. The average molecular weight is 272 g/mol. The largest absolute Gasteiger partial charge is 0.387 e. The fourth-order valence-corrected chi connectivity index (χ4v) is 4.00. The van der Waals surface area contributed by atoms with Gasteiger partial charge < -0.3 is 5.11 Å². The summed E-state index contributed by atoms with van der Waals surface area (Å²) in [4.78, 5) is 2.51. The van der Waals surface area contributed by atoms with E-state index in [9.17, 15) is 5.11 Å². The van der Waals surface area contributed by atoms with E-state index in [1.807, 2.05) is 0 Å². The highest BCUT2D eigenvalue weighted by atomic mass is 32.1. The Labute approximate surface area is 118 Å². The maximum Gasteiger partial charge on any atom is 0.0913 e. The van der Waals surface area contributed by atoms with Gasteiger partial charge in [-0.05, 0) is 54.9 Å². The lowest BCUT2D eigenvalue weighted by atomic mass is 9.81. The van der Waals surface area contributed by atoms with Crippen LogP contribution in [0.25, 0.3) is 0 Å². The number of fused-ring (bicyclic) bond motifs is 1. The highest BCUT2D eigenvalue weighted by molar-refractivity contribution is 7.12. The SMILES string of the molecule is CCc1ccc(C(O)C2CCc3ccccc3C2)s1. The zero-order valence-electron chi connectivity index (χ0n) is 11.3. The van der Waals surface area contributed by atoms with Gasteiger partial charge in [-0.25, -0.2) is 0 Å². The first-order valence-electron chi connectivity index (χ1n) is 7.11. The molecule has 1 nitrogen and oxygen atoms in total. The van der Waals surface area contributed by atoms with Crippen molar-refractivity contribution in [1.29, 1.82) is 0 Å². The molecule has 2 heteroatoms. The minimum absolute atomic E-state index is 0.293. The molecule has 2 aromatic rings. The number of hydrogen-bond donors (Lipinski definition) is 1. The van der Waals surface area contributed by atoms with Crippen LogP contribution in [0.15, 0.2) is 36.4 Å². The van der Waals surface area contributed by atoms with E-state index in [1.165, 1.54) is 16.0 Å². The quantitative estimate of drug-likeness (QED) is 0.890. The maximum absolute atomic E-state index is 10.6. The van der Waals surface area contributed by atoms with E-state index in [1.54, 1.807) is 11.3 Å². The van der Waals surface area contributed by atoms with E-state index in [-0.39, 0.29) is 6.10 Å². The van der Waals surface area contributed by atoms with Crippen LogP contribution >= 0.6 is 11.3 Å². The lowest BCUT2D eigenvalue weighted by molar-refractivity contribution is 0.103. The van der Waals surface area contributed by atoms with Crippen molar-refractivity contribution in [3.8, 4) is 0 Å². The Kier molecular flexibility index (Phi) is 3.72. The zero-order chi connectivity index (χ0) is 13.2. The van der Waals surface area contributed by atoms with E-state index in [0.29, 0.717) is 5.92 Å². The summed E-state index contributed by atoms with van der Waals surface area (Å²) >= 11 is 1.77. The van der Waals surface area contributed by atoms with Gasteiger partial charge in [0.05, 0.1) is 6.10 Å². The van der Waals surface area contributed by atoms with Crippen molar-refractivity contribution in [2.75, 3.05) is 0 Å². The summed E-state index contributed by atoms with van der Waals surface area (Å²) in [5.74, 6) is 0.373. The van der Waals surface area contributed by atoms with Crippen LogP contribution in [0.5, 0.6) is 0 Å². The summed E-state index contributed by atoms with van der Waals surface area (Å²) < 4.78 is 0. The summed E-state index contributed by atoms with van der Waals surface area (Å²) in [5, 5.41) is 10.6. The van der Waals surface area contributed by atoms with E-state index < -0.39 is 0 Å². The molecule has 1 aliphatic carbocycles. The van der Waals surface area contributed by atoms with Crippen molar-refractivity contribution in [3.63, 3.8) is 0 Å². The van der Waals surface area contributed by atoms with E-state index >= 15 is 0 Å². The molecule has 0 saturated carbocycles. The molecule has 1 heterocycles. The average Bonchev–Trinajstić information content (AvgIpc) is 2.95. The third-order valence-electron chi connectivity index (χ3n) is 4.15. The number of hydrogen-bond acceptors (Lipinski definition) is 2. The fraction of sp³-hybridized carbons (Fsp3) is 0.412. The van der Waals surface area contributed by atoms with Crippen molar-refractivity contribution >= 4 is 11.3 Å².